The Kier molecular flexibility index (Phi) is 5.06. The van der Waals surface area contributed by atoms with Crippen LogP contribution in [0.15, 0.2) is 10.5 Å². The zero-order valence-electron chi connectivity index (χ0n) is 10.8. The molecule has 0 aliphatic carbocycles. The quantitative estimate of drug-likeness (QED) is 0.823. The lowest BCUT2D eigenvalue weighted by atomic mass is 10.0. The Morgan fingerprint density at radius 3 is 2.53 bits per heavy atom. The summed E-state index contributed by atoms with van der Waals surface area (Å²) in [4.78, 5) is 12.1. The van der Waals surface area contributed by atoms with Crippen LogP contribution in [-0.2, 0) is 0 Å². The molecule has 4 heteroatoms. The summed E-state index contributed by atoms with van der Waals surface area (Å²) in [5, 5.41) is 3.00. The molecule has 0 aromatic carbocycles. The minimum atomic E-state index is -0.0804. The summed E-state index contributed by atoms with van der Waals surface area (Å²) in [6.45, 7) is 7.78. The molecule has 0 aliphatic rings. The van der Waals surface area contributed by atoms with E-state index < -0.39 is 0 Å². The fourth-order valence-electron chi connectivity index (χ4n) is 1.79. The molecule has 0 radical (unpaired) electrons. The predicted octanol–water partition coefficient (Wildman–Crippen LogP) is 3.28. The molecule has 0 aliphatic heterocycles. The molecule has 1 rings (SSSR count). The molecule has 1 aromatic rings. The van der Waals surface area contributed by atoms with Crippen molar-refractivity contribution in [2.24, 2.45) is 5.92 Å². The van der Waals surface area contributed by atoms with Gasteiger partial charge in [0.1, 0.15) is 11.5 Å². The topological polar surface area (TPSA) is 42.2 Å². The number of carbonyl (C=O) groups is 1. The van der Waals surface area contributed by atoms with E-state index in [-0.39, 0.29) is 11.9 Å². The van der Waals surface area contributed by atoms with E-state index in [0.717, 1.165) is 12.2 Å². The van der Waals surface area contributed by atoms with Crippen molar-refractivity contribution in [1.82, 2.24) is 5.32 Å². The van der Waals surface area contributed by atoms with Crippen molar-refractivity contribution >= 4 is 17.5 Å². The van der Waals surface area contributed by atoms with Crippen LogP contribution in [0.3, 0.4) is 0 Å². The Labute approximate surface area is 108 Å². The summed E-state index contributed by atoms with van der Waals surface area (Å²) in [6, 6.07) is 1.87. The van der Waals surface area contributed by atoms with Crippen molar-refractivity contribution in [3.05, 3.63) is 23.2 Å². The molecule has 1 amide bonds. The summed E-state index contributed by atoms with van der Waals surface area (Å²) in [6.07, 6.45) is 0.779. The van der Waals surface area contributed by atoms with Gasteiger partial charge in [-0.1, -0.05) is 13.8 Å². The van der Waals surface area contributed by atoms with Gasteiger partial charge in [0.05, 0.1) is 5.56 Å². The van der Waals surface area contributed by atoms with E-state index in [1.54, 1.807) is 13.0 Å². The molecule has 3 nitrogen and oxygen atoms in total. The van der Waals surface area contributed by atoms with E-state index in [1.165, 1.54) is 0 Å². The van der Waals surface area contributed by atoms with Gasteiger partial charge in [0.15, 0.2) is 0 Å². The van der Waals surface area contributed by atoms with Crippen LogP contribution in [0, 0.1) is 19.8 Å². The van der Waals surface area contributed by atoms with E-state index in [2.05, 4.69) is 19.2 Å². The van der Waals surface area contributed by atoms with Crippen LogP contribution in [0.1, 0.15) is 42.1 Å². The molecular weight excluding hydrogens is 238 g/mol. The Bertz CT molecular complexity index is 385. The number of hydrogen-bond acceptors (Lipinski definition) is 2. The highest BCUT2D eigenvalue weighted by atomic mass is 35.5. The fourth-order valence-corrected chi connectivity index (χ4v) is 2.03. The van der Waals surface area contributed by atoms with E-state index in [1.807, 2.05) is 6.92 Å². The second-order valence-electron chi connectivity index (χ2n) is 4.63. The average Bonchev–Trinajstić information content (AvgIpc) is 2.57. The van der Waals surface area contributed by atoms with Crippen LogP contribution in [0.4, 0.5) is 0 Å². The monoisotopic (exact) mass is 257 g/mol. The molecular formula is C13H20ClNO2. The lowest BCUT2D eigenvalue weighted by molar-refractivity contribution is 0.0923. The fraction of sp³-hybridized carbons (Fsp3) is 0.615. The van der Waals surface area contributed by atoms with Crippen LogP contribution >= 0.6 is 11.6 Å². The lowest BCUT2D eigenvalue weighted by Gasteiger charge is -2.21. The van der Waals surface area contributed by atoms with Crippen molar-refractivity contribution in [2.45, 2.75) is 40.2 Å². The summed E-state index contributed by atoms with van der Waals surface area (Å²) in [5.41, 5.74) is 0.614. The van der Waals surface area contributed by atoms with E-state index in [4.69, 9.17) is 16.0 Å². The number of aryl methyl sites for hydroxylation is 2. The van der Waals surface area contributed by atoms with Crippen LogP contribution < -0.4 is 5.32 Å². The van der Waals surface area contributed by atoms with Crippen molar-refractivity contribution < 1.29 is 9.21 Å². The van der Waals surface area contributed by atoms with Gasteiger partial charge in [-0.05, 0) is 32.3 Å². The minimum Gasteiger partial charge on any atom is -0.466 e. The van der Waals surface area contributed by atoms with Crippen LogP contribution in [0.5, 0.6) is 0 Å². The number of halogens is 1. The van der Waals surface area contributed by atoms with Gasteiger partial charge in [0, 0.05) is 11.9 Å². The highest BCUT2D eigenvalue weighted by molar-refractivity contribution is 6.17. The Morgan fingerprint density at radius 1 is 1.47 bits per heavy atom. The molecule has 0 bridgehead atoms. The molecule has 0 fully saturated rings. The molecule has 0 saturated heterocycles. The SMILES string of the molecule is Cc1cc(C(=O)NC(CCCl)C(C)C)c(C)o1. The third kappa shape index (κ3) is 3.77. The molecule has 17 heavy (non-hydrogen) atoms. The molecule has 1 aromatic heterocycles. The minimum absolute atomic E-state index is 0.0804. The normalized spacial score (nSPS) is 12.8. The molecule has 96 valence electrons. The van der Waals surface area contributed by atoms with Crippen molar-refractivity contribution in [1.29, 1.82) is 0 Å². The number of alkyl halides is 1. The zero-order valence-corrected chi connectivity index (χ0v) is 11.6. The largest absolute Gasteiger partial charge is 0.466 e. The first-order valence-electron chi connectivity index (χ1n) is 5.89. The molecule has 1 N–H and O–H groups in total. The van der Waals surface area contributed by atoms with Gasteiger partial charge < -0.3 is 9.73 Å². The zero-order chi connectivity index (χ0) is 13.0. The maximum Gasteiger partial charge on any atom is 0.255 e. The van der Waals surface area contributed by atoms with Gasteiger partial charge in [0.2, 0.25) is 0 Å². The number of nitrogens with one attached hydrogen (secondary N) is 1. The highest BCUT2D eigenvalue weighted by Crippen LogP contribution is 2.15. The number of furan rings is 1. The third-order valence-electron chi connectivity index (χ3n) is 2.83. The van der Waals surface area contributed by atoms with Crippen LogP contribution in [0.25, 0.3) is 0 Å². The van der Waals surface area contributed by atoms with Crippen molar-refractivity contribution in [3.63, 3.8) is 0 Å². The Balaban J connectivity index is 2.73. The first kappa shape index (κ1) is 14.1. The summed E-state index contributed by atoms with van der Waals surface area (Å²) >= 11 is 5.74. The number of amides is 1. The first-order valence-corrected chi connectivity index (χ1v) is 6.43. The predicted molar refractivity (Wildman–Crippen MR) is 69.6 cm³/mol. The molecule has 1 heterocycles. The standard InChI is InChI=1S/C13H20ClNO2/c1-8(2)12(5-6-14)15-13(16)11-7-9(3)17-10(11)4/h7-8,12H,5-6H2,1-4H3,(H,15,16). The van der Waals surface area contributed by atoms with Gasteiger partial charge in [0.25, 0.3) is 5.91 Å². The molecule has 0 saturated carbocycles. The smallest absolute Gasteiger partial charge is 0.255 e. The Hall–Kier alpha value is -0.960. The summed E-state index contributed by atoms with van der Waals surface area (Å²) in [7, 11) is 0. The van der Waals surface area contributed by atoms with Crippen LogP contribution in [-0.4, -0.2) is 17.8 Å². The van der Waals surface area contributed by atoms with E-state index >= 15 is 0 Å². The number of rotatable bonds is 5. The maximum atomic E-state index is 12.1. The van der Waals surface area contributed by atoms with E-state index in [9.17, 15) is 4.79 Å². The summed E-state index contributed by atoms with van der Waals surface area (Å²) in [5.74, 6) is 2.25. The van der Waals surface area contributed by atoms with Gasteiger partial charge in [-0.3, -0.25) is 4.79 Å². The van der Waals surface area contributed by atoms with Gasteiger partial charge in [-0.25, -0.2) is 0 Å². The second-order valence-corrected chi connectivity index (χ2v) is 5.01. The Morgan fingerprint density at radius 2 is 2.12 bits per heavy atom. The second kappa shape index (κ2) is 6.10. The molecule has 1 atom stereocenters. The third-order valence-corrected chi connectivity index (χ3v) is 3.05. The van der Waals surface area contributed by atoms with Crippen molar-refractivity contribution in [2.75, 3.05) is 5.88 Å². The number of hydrogen-bond donors (Lipinski definition) is 1. The van der Waals surface area contributed by atoms with Gasteiger partial charge in [-0.2, -0.15) is 0 Å². The maximum absolute atomic E-state index is 12.1. The highest BCUT2D eigenvalue weighted by Gasteiger charge is 2.19. The van der Waals surface area contributed by atoms with Crippen molar-refractivity contribution in [3.8, 4) is 0 Å². The average molecular weight is 258 g/mol. The van der Waals surface area contributed by atoms with Gasteiger partial charge in [-0.15, -0.1) is 11.6 Å². The van der Waals surface area contributed by atoms with E-state index in [0.29, 0.717) is 23.1 Å². The number of carbonyl (C=O) groups excluding carboxylic acids is 1. The first-order chi connectivity index (χ1) is 7.95. The summed E-state index contributed by atoms with van der Waals surface area (Å²) < 4.78 is 5.35. The van der Waals surface area contributed by atoms with Crippen LogP contribution in [0.2, 0.25) is 0 Å². The molecule has 1 unspecified atom stereocenters. The lowest BCUT2D eigenvalue weighted by Crippen LogP contribution is -2.38. The van der Waals surface area contributed by atoms with Gasteiger partial charge >= 0.3 is 0 Å². The molecule has 0 spiro atoms.